The van der Waals surface area contributed by atoms with Crippen LogP contribution < -0.4 is 5.56 Å². The number of benzene rings is 1. The van der Waals surface area contributed by atoms with E-state index in [0.717, 1.165) is 30.2 Å². The normalized spacial score (nSPS) is 16.5. The first-order chi connectivity index (χ1) is 15.1. The van der Waals surface area contributed by atoms with Crippen molar-refractivity contribution >= 4 is 39.6 Å². The van der Waals surface area contributed by atoms with Crippen molar-refractivity contribution in [3.8, 4) is 0 Å². The molecule has 3 N–H and O–H groups in total. The molecule has 1 aliphatic heterocycles. The zero-order chi connectivity index (χ0) is 23.9. The van der Waals surface area contributed by atoms with Crippen LogP contribution in [0.4, 0.5) is 4.79 Å². The molecule has 32 heavy (non-hydrogen) atoms. The van der Waals surface area contributed by atoms with Gasteiger partial charge in [-0.15, -0.1) is 0 Å². The van der Waals surface area contributed by atoms with Crippen molar-refractivity contribution in [2.45, 2.75) is 65.6 Å². The maximum Gasteiger partial charge on any atom is 0.410 e. The molecule has 0 spiro atoms. The van der Waals surface area contributed by atoms with Crippen LogP contribution >= 0.6 is 11.6 Å². The van der Waals surface area contributed by atoms with Crippen molar-refractivity contribution in [2.75, 3.05) is 13.1 Å². The number of likely N-dealkylation sites (tertiary alicyclic amines) is 1. The van der Waals surface area contributed by atoms with E-state index in [-0.39, 0.29) is 11.7 Å². The SMILES string of the molecule is CC.CC(C)(C)OC(=O)N1CCCCC(O)C1.O=c1[nH]cnc2c1[nH]c1ccc(Cl)cc12. The molecule has 8 nitrogen and oxygen atoms in total. The van der Waals surface area contributed by atoms with Gasteiger partial charge < -0.3 is 24.7 Å². The Morgan fingerprint density at radius 3 is 2.69 bits per heavy atom. The van der Waals surface area contributed by atoms with Gasteiger partial charge in [0.1, 0.15) is 16.6 Å². The summed E-state index contributed by atoms with van der Waals surface area (Å²) >= 11 is 5.89. The number of carbonyl (C=O) groups is 1. The number of amides is 1. The molecule has 1 fully saturated rings. The third kappa shape index (κ3) is 6.97. The Balaban J connectivity index is 0.000000211. The Labute approximate surface area is 192 Å². The number of aromatic nitrogens is 3. The Bertz CT molecular complexity index is 1090. The number of nitrogens with zero attached hydrogens (tertiary/aromatic N) is 2. The van der Waals surface area contributed by atoms with Gasteiger partial charge in [0.2, 0.25) is 0 Å². The molecule has 4 rings (SSSR count). The minimum atomic E-state index is -0.464. The Kier molecular flexibility index (Phi) is 9.09. The molecule has 176 valence electrons. The largest absolute Gasteiger partial charge is 0.444 e. The lowest BCUT2D eigenvalue weighted by atomic mass is 10.2. The number of β-amino-alcohol motifs (C(OH)–C–C–N with tert-alkyl or cyclic N) is 1. The summed E-state index contributed by atoms with van der Waals surface area (Å²) in [5.41, 5.74) is 1.35. The highest BCUT2D eigenvalue weighted by Gasteiger charge is 2.25. The van der Waals surface area contributed by atoms with Gasteiger partial charge in [-0.1, -0.05) is 25.4 Å². The molecule has 1 amide bonds. The third-order valence-corrected chi connectivity index (χ3v) is 4.88. The summed E-state index contributed by atoms with van der Waals surface area (Å²) in [6.07, 6.45) is 3.36. The fourth-order valence-electron chi connectivity index (χ4n) is 3.29. The Hall–Kier alpha value is -2.58. The summed E-state index contributed by atoms with van der Waals surface area (Å²) in [5, 5.41) is 11.1. The lowest BCUT2D eigenvalue weighted by molar-refractivity contribution is 0.0173. The molecule has 0 aliphatic carbocycles. The van der Waals surface area contributed by atoms with Crippen LogP contribution in [0.5, 0.6) is 0 Å². The van der Waals surface area contributed by atoms with Crippen molar-refractivity contribution in [3.63, 3.8) is 0 Å². The van der Waals surface area contributed by atoms with Gasteiger partial charge in [-0.3, -0.25) is 4.79 Å². The highest BCUT2D eigenvalue weighted by atomic mass is 35.5. The number of ether oxygens (including phenoxy) is 1. The third-order valence-electron chi connectivity index (χ3n) is 4.65. The number of rotatable bonds is 0. The van der Waals surface area contributed by atoms with Gasteiger partial charge in [0.15, 0.2) is 0 Å². The van der Waals surface area contributed by atoms with E-state index in [2.05, 4.69) is 15.0 Å². The fraction of sp³-hybridized carbons (Fsp3) is 0.522. The first kappa shape index (κ1) is 25.7. The van der Waals surface area contributed by atoms with Crippen molar-refractivity contribution in [3.05, 3.63) is 39.9 Å². The zero-order valence-corrected chi connectivity index (χ0v) is 20.1. The van der Waals surface area contributed by atoms with Crippen LogP contribution in [0.25, 0.3) is 21.9 Å². The van der Waals surface area contributed by atoms with E-state index in [1.165, 1.54) is 6.33 Å². The van der Waals surface area contributed by atoms with Gasteiger partial charge >= 0.3 is 6.09 Å². The van der Waals surface area contributed by atoms with Crippen molar-refractivity contribution in [2.24, 2.45) is 0 Å². The van der Waals surface area contributed by atoms with Crippen LogP contribution in [0.1, 0.15) is 53.9 Å². The monoisotopic (exact) mass is 464 g/mol. The van der Waals surface area contributed by atoms with E-state index in [0.29, 0.717) is 29.1 Å². The summed E-state index contributed by atoms with van der Waals surface area (Å²) in [4.78, 5) is 34.4. The quantitative estimate of drug-likeness (QED) is 0.440. The highest BCUT2D eigenvalue weighted by Crippen LogP contribution is 2.24. The number of carbonyl (C=O) groups excluding carboxylic acids is 1. The maximum atomic E-state index is 11.7. The van der Waals surface area contributed by atoms with Crippen LogP contribution in [-0.2, 0) is 4.74 Å². The maximum absolute atomic E-state index is 11.7. The van der Waals surface area contributed by atoms with Gasteiger partial charge in [-0.25, -0.2) is 9.78 Å². The molecular weight excluding hydrogens is 432 g/mol. The smallest absolute Gasteiger partial charge is 0.410 e. The summed E-state index contributed by atoms with van der Waals surface area (Å²) in [6.45, 7) is 10.6. The Morgan fingerprint density at radius 2 is 2.00 bits per heavy atom. The molecule has 3 aromatic rings. The number of halogens is 1. The summed E-state index contributed by atoms with van der Waals surface area (Å²) < 4.78 is 5.26. The molecule has 0 saturated carbocycles. The molecule has 1 aliphatic rings. The van der Waals surface area contributed by atoms with Crippen LogP contribution in [-0.4, -0.2) is 55.8 Å². The highest BCUT2D eigenvalue weighted by molar-refractivity contribution is 6.31. The molecule has 1 unspecified atom stereocenters. The lowest BCUT2D eigenvalue weighted by Gasteiger charge is -2.27. The Morgan fingerprint density at radius 1 is 1.28 bits per heavy atom. The molecule has 1 aromatic carbocycles. The summed E-state index contributed by atoms with van der Waals surface area (Å²) in [5.74, 6) is 0. The van der Waals surface area contributed by atoms with E-state index in [4.69, 9.17) is 16.3 Å². The first-order valence-electron chi connectivity index (χ1n) is 10.9. The number of aliphatic hydroxyl groups is 1. The van der Waals surface area contributed by atoms with E-state index in [1.807, 2.05) is 40.7 Å². The van der Waals surface area contributed by atoms with Gasteiger partial charge in [0, 0.05) is 29.0 Å². The summed E-state index contributed by atoms with van der Waals surface area (Å²) in [6, 6.07) is 5.40. The van der Waals surface area contributed by atoms with E-state index >= 15 is 0 Å². The average Bonchev–Trinajstić information content (AvgIpc) is 2.95. The second kappa shape index (κ2) is 11.3. The number of hydrogen-bond acceptors (Lipinski definition) is 5. The average molecular weight is 465 g/mol. The van der Waals surface area contributed by atoms with E-state index < -0.39 is 11.7 Å². The predicted molar refractivity (Wildman–Crippen MR) is 128 cm³/mol. The fourth-order valence-corrected chi connectivity index (χ4v) is 3.46. The number of H-pyrrole nitrogens is 2. The van der Waals surface area contributed by atoms with Crippen molar-refractivity contribution < 1.29 is 14.6 Å². The molecule has 0 radical (unpaired) electrons. The molecule has 1 saturated heterocycles. The van der Waals surface area contributed by atoms with Crippen molar-refractivity contribution in [1.29, 1.82) is 0 Å². The molecule has 0 bridgehead atoms. The van der Waals surface area contributed by atoms with Crippen LogP contribution in [0, 0.1) is 0 Å². The van der Waals surface area contributed by atoms with Gasteiger partial charge in [0.05, 0.1) is 12.4 Å². The first-order valence-corrected chi connectivity index (χ1v) is 11.3. The van der Waals surface area contributed by atoms with Gasteiger partial charge in [0.25, 0.3) is 5.56 Å². The minimum Gasteiger partial charge on any atom is -0.444 e. The number of aliphatic hydroxyl groups excluding tert-OH is 1. The molecule has 3 heterocycles. The number of aromatic amines is 2. The van der Waals surface area contributed by atoms with Crippen LogP contribution in [0.3, 0.4) is 0 Å². The second-order valence-corrected chi connectivity index (χ2v) is 8.78. The van der Waals surface area contributed by atoms with E-state index in [1.54, 1.807) is 17.0 Å². The molecule has 9 heteroatoms. The minimum absolute atomic E-state index is 0.174. The molecule has 1 atom stereocenters. The van der Waals surface area contributed by atoms with Crippen molar-refractivity contribution in [1.82, 2.24) is 19.9 Å². The number of hydrogen-bond donors (Lipinski definition) is 3. The lowest BCUT2D eigenvalue weighted by Crippen LogP contribution is -2.40. The standard InChI is InChI=1S/C11H21NO3.C10H6ClN3O.C2H6/c1-11(2,3)15-10(14)12-7-5-4-6-9(13)8-12;11-5-1-2-7-6(3-5)8-9(14-7)10(15)13-4-12-8;1-2/h9,13H,4-8H2,1-3H3;1-4,14H,(H,12,13,15);1-2H3. The van der Waals surface area contributed by atoms with Gasteiger partial charge in [-0.2, -0.15) is 0 Å². The topological polar surface area (TPSA) is 111 Å². The van der Waals surface area contributed by atoms with E-state index in [9.17, 15) is 14.7 Å². The van der Waals surface area contributed by atoms with Crippen LogP contribution in [0.15, 0.2) is 29.3 Å². The number of nitrogens with one attached hydrogen (secondary N) is 2. The number of fused-ring (bicyclic) bond motifs is 3. The summed E-state index contributed by atoms with van der Waals surface area (Å²) in [7, 11) is 0. The second-order valence-electron chi connectivity index (χ2n) is 8.35. The zero-order valence-electron chi connectivity index (χ0n) is 19.4. The predicted octanol–water partition coefficient (Wildman–Crippen LogP) is 4.85. The molecular formula is C23H33ClN4O4. The van der Waals surface area contributed by atoms with Gasteiger partial charge in [-0.05, 0) is 58.2 Å². The molecule has 2 aromatic heterocycles. The van der Waals surface area contributed by atoms with Crippen LogP contribution in [0.2, 0.25) is 5.02 Å².